The van der Waals surface area contributed by atoms with Gasteiger partial charge in [-0.1, -0.05) is 55.8 Å². The average Bonchev–Trinajstić information content (AvgIpc) is 2.81. The van der Waals surface area contributed by atoms with E-state index in [1.165, 1.54) is 24.1 Å². The zero-order valence-electron chi connectivity index (χ0n) is 19.2. The number of alkyl halides is 3. The van der Waals surface area contributed by atoms with Crippen LogP contribution in [0.4, 0.5) is 13.2 Å². The highest BCUT2D eigenvalue weighted by molar-refractivity contribution is 5.98. The third-order valence-corrected chi connectivity index (χ3v) is 5.08. The molecule has 1 N–H and O–H groups in total. The maximum atomic E-state index is 13.1. The van der Waals surface area contributed by atoms with Crippen molar-refractivity contribution in [1.29, 1.82) is 0 Å². The molecule has 6 nitrogen and oxygen atoms in total. The van der Waals surface area contributed by atoms with Gasteiger partial charge in [0.2, 0.25) is 5.91 Å². The summed E-state index contributed by atoms with van der Waals surface area (Å²) in [7, 11) is 1.43. The Labute approximate surface area is 197 Å². The zero-order valence-corrected chi connectivity index (χ0v) is 19.2. The summed E-state index contributed by atoms with van der Waals surface area (Å²) in [6.45, 7) is 1.87. The van der Waals surface area contributed by atoms with E-state index >= 15 is 0 Å². The molecule has 0 aliphatic rings. The van der Waals surface area contributed by atoms with Crippen LogP contribution in [0, 0.1) is 0 Å². The molecule has 2 aromatic carbocycles. The highest BCUT2D eigenvalue weighted by atomic mass is 19.4. The quantitative estimate of drug-likeness (QED) is 0.281. The Balaban J connectivity index is 2.10. The summed E-state index contributed by atoms with van der Waals surface area (Å²) in [6.07, 6.45) is -3.29. The number of carbonyl (C=O) groups is 3. The van der Waals surface area contributed by atoms with Gasteiger partial charge >= 0.3 is 12.1 Å². The van der Waals surface area contributed by atoms with Gasteiger partial charge in [0.25, 0.3) is 0 Å². The van der Waals surface area contributed by atoms with E-state index in [2.05, 4.69) is 5.32 Å². The standard InChI is InChI=1S/C25H29F3N2O4/c1-3-4-13-34-23(32)15-21(29-16-22(31)19-10-6-5-7-11-19)24(33)30(2)17-18-9-8-12-20(14-18)25(26,27)28/h5-12,14,21,29H,3-4,13,15-17H2,1-2H3/t21-/m1/s1. The highest BCUT2D eigenvalue weighted by Gasteiger charge is 2.31. The lowest BCUT2D eigenvalue weighted by Crippen LogP contribution is -2.47. The number of nitrogens with one attached hydrogen (secondary N) is 1. The smallest absolute Gasteiger partial charge is 0.416 e. The SMILES string of the molecule is CCCCOC(=O)C[C@@H](NCC(=O)c1ccccc1)C(=O)N(C)Cc1cccc(C(F)(F)F)c1. The normalized spacial score (nSPS) is 12.1. The summed E-state index contributed by atoms with van der Waals surface area (Å²) in [5, 5.41) is 2.82. The average molecular weight is 479 g/mol. The molecule has 0 fully saturated rings. The number of Topliss-reactive ketones (excluding diaryl/α,β-unsaturated/α-hetero) is 1. The Bertz CT molecular complexity index is 964. The Morgan fingerprint density at radius 2 is 1.76 bits per heavy atom. The number of rotatable bonds is 12. The molecule has 184 valence electrons. The van der Waals surface area contributed by atoms with Gasteiger partial charge in [-0.05, 0) is 24.1 Å². The van der Waals surface area contributed by atoms with Crippen LogP contribution < -0.4 is 5.32 Å². The topological polar surface area (TPSA) is 75.7 Å². The number of hydrogen-bond donors (Lipinski definition) is 1. The molecule has 0 radical (unpaired) electrons. The predicted octanol–water partition coefficient (Wildman–Crippen LogP) is 4.24. The first kappa shape index (κ1) is 27.0. The van der Waals surface area contributed by atoms with Crippen LogP contribution >= 0.6 is 0 Å². The van der Waals surface area contributed by atoms with E-state index in [1.807, 2.05) is 6.92 Å². The first-order valence-corrected chi connectivity index (χ1v) is 11.0. The number of hydrogen-bond acceptors (Lipinski definition) is 5. The number of carbonyl (C=O) groups excluding carboxylic acids is 3. The second-order valence-corrected chi connectivity index (χ2v) is 7.89. The van der Waals surface area contributed by atoms with E-state index in [0.29, 0.717) is 12.0 Å². The first-order chi connectivity index (χ1) is 16.1. The Kier molecular flexibility index (Phi) is 10.2. The van der Waals surface area contributed by atoms with Crippen molar-refractivity contribution in [2.75, 3.05) is 20.2 Å². The van der Waals surface area contributed by atoms with E-state index in [4.69, 9.17) is 4.74 Å². The van der Waals surface area contributed by atoms with Gasteiger partial charge in [-0.15, -0.1) is 0 Å². The van der Waals surface area contributed by atoms with Gasteiger partial charge in [0.1, 0.15) is 0 Å². The van der Waals surface area contributed by atoms with Gasteiger partial charge in [-0.25, -0.2) is 0 Å². The van der Waals surface area contributed by atoms with Crippen LogP contribution in [-0.4, -0.2) is 48.8 Å². The maximum absolute atomic E-state index is 13.1. The number of esters is 1. The van der Waals surface area contributed by atoms with Crippen LogP contribution in [0.15, 0.2) is 54.6 Å². The van der Waals surface area contributed by atoms with Crippen molar-refractivity contribution in [3.05, 3.63) is 71.3 Å². The van der Waals surface area contributed by atoms with Crippen molar-refractivity contribution in [2.45, 2.75) is 44.9 Å². The van der Waals surface area contributed by atoms with Crippen LogP contribution in [0.2, 0.25) is 0 Å². The fraction of sp³-hybridized carbons (Fsp3) is 0.400. The Hall–Kier alpha value is -3.20. The molecule has 2 rings (SSSR count). The monoisotopic (exact) mass is 478 g/mol. The molecule has 0 spiro atoms. The molecule has 0 unspecified atom stereocenters. The van der Waals surface area contributed by atoms with Gasteiger partial charge < -0.3 is 9.64 Å². The number of amides is 1. The molecule has 0 saturated carbocycles. The van der Waals surface area contributed by atoms with Crippen molar-refractivity contribution in [2.24, 2.45) is 0 Å². The predicted molar refractivity (Wildman–Crippen MR) is 121 cm³/mol. The Morgan fingerprint density at radius 3 is 2.41 bits per heavy atom. The molecule has 0 aliphatic heterocycles. The van der Waals surface area contributed by atoms with Gasteiger partial charge in [-0.2, -0.15) is 13.2 Å². The van der Waals surface area contributed by atoms with Gasteiger partial charge in [-0.3, -0.25) is 19.7 Å². The van der Waals surface area contributed by atoms with Gasteiger partial charge in [0, 0.05) is 19.2 Å². The summed E-state index contributed by atoms with van der Waals surface area (Å²) >= 11 is 0. The molecule has 1 amide bonds. The molecule has 1 atom stereocenters. The van der Waals surface area contributed by atoms with Crippen molar-refractivity contribution in [1.82, 2.24) is 10.2 Å². The minimum Gasteiger partial charge on any atom is -0.466 e. The molecular formula is C25H29F3N2O4. The molecule has 0 aliphatic carbocycles. The van der Waals surface area contributed by atoms with Crippen LogP contribution in [0.5, 0.6) is 0 Å². The first-order valence-electron chi connectivity index (χ1n) is 11.0. The van der Waals surface area contributed by atoms with Crippen LogP contribution in [0.1, 0.15) is 47.7 Å². The summed E-state index contributed by atoms with van der Waals surface area (Å²) in [5.74, 6) is -1.40. The molecule has 9 heteroatoms. The van der Waals surface area contributed by atoms with Crippen molar-refractivity contribution >= 4 is 17.7 Å². The van der Waals surface area contributed by atoms with E-state index in [-0.39, 0.29) is 37.5 Å². The second-order valence-electron chi connectivity index (χ2n) is 7.89. The van der Waals surface area contributed by atoms with Crippen LogP contribution in [0.25, 0.3) is 0 Å². The molecule has 34 heavy (non-hydrogen) atoms. The molecular weight excluding hydrogens is 449 g/mol. The number of likely N-dealkylation sites (N-methyl/N-ethyl adjacent to an activating group) is 1. The van der Waals surface area contributed by atoms with Crippen LogP contribution in [0.3, 0.4) is 0 Å². The number of ketones is 1. The van der Waals surface area contributed by atoms with Gasteiger partial charge in [0.15, 0.2) is 5.78 Å². The number of unbranched alkanes of at least 4 members (excludes halogenated alkanes) is 1. The largest absolute Gasteiger partial charge is 0.466 e. The number of halogens is 3. The van der Waals surface area contributed by atoms with E-state index in [0.717, 1.165) is 18.6 Å². The number of nitrogens with zero attached hydrogens (tertiary/aromatic N) is 1. The molecule has 0 heterocycles. The highest BCUT2D eigenvalue weighted by Crippen LogP contribution is 2.29. The minimum absolute atomic E-state index is 0.0988. The number of benzene rings is 2. The third kappa shape index (κ3) is 8.62. The molecule has 0 aromatic heterocycles. The lowest BCUT2D eigenvalue weighted by molar-refractivity contribution is -0.147. The van der Waals surface area contributed by atoms with Crippen molar-refractivity contribution in [3.63, 3.8) is 0 Å². The summed E-state index contributed by atoms with van der Waals surface area (Å²) in [4.78, 5) is 39.0. The maximum Gasteiger partial charge on any atom is 0.416 e. The Morgan fingerprint density at radius 1 is 1.06 bits per heavy atom. The fourth-order valence-electron chi connectivity index (χ4n) is 3.21. The summed E-state index contributed by atoms with van der Waals surface area (Å²) in [6, 6.07) is 12.1. The third-order valence-electron chi connectivity index (χ3n) is 5.08. The van der Waals surface area contributed by atoms with E-state index < -0.39 is 29.7 Å². The van der Waals surface area contributed by atoms with Crippen molar-refractivity contribution < 1.29 is 32.3 Å². The summed E-state index contributed by atoms with van der Waals surface area (Å²) < 4.78 is 44.2. The lowest BCUT2D eigenvalue weighted by Gasteiger charge is -2.24. The summed E-state index contributed by atoms with van der Waals surface area (Å²) in [5.41, 5.74) is -0.0761. The number of ether oxygens (including phenoxy) is 1. The van der Waals surface area contributed by atoms with E-state index in [9.17, 15) is 27.6 Å². The second kappa shape index (κ2) is 12.9. The molecule has 0 bridgehead atoms. The van der Waals surface area contributed by atoms with Crippen LogP contribution in [-0.2, 0) is 27.0 Å². The van der Waals surface area contributed by atoms with Crippen molar-refractivity contribution in [3.8, 4) is 0 Å². The lowest BCUT2D eigenvalue weighted by atomic mass is 10.1. The minimum atomic E-state index is -4.50. The fourth-order valence-corrected chi connectivity index (χ4v) is 3.21. The zero-order chi connectivity index (χ0) is 25.1. The molecule has 0 saturated heterocycles. The molecule has 2 aromatic rings. The van der Waals surface area contributed by atoms with E-state index in [1.54, 1.807) is 30.3 Å². The van der Waals surface area contributed by atoms with Gasteiger partial charge in [0.05, 0.1) is 31.2 Å².